The van der Waals surface area contributed by atoms with E-state index in [0.717, 1.165) is 29.4 Å². The fourth-order valence-corrected chi connectivity index (χ4v) is 2.90. The predicted octanol–water partition coefficient (Wildman–Crippen LogP) is 4.26. The smallest absolute Gasteiger partial charge is 0.363 e. The van der Waals surface area contributed by atoms with Crippen LogP contribution in [0.1, 0.15) is 29.2 Å². The van der Waals surface area contributed by atoms with Gasteiger partial charge in [-0.3, -0.25) is 0 Å². The molecule has 1 aliphatic carbocycles. The summed E-state index contributed by atoms with van der Waals surface area (Å²) in [7, 11) is 0. The van der Waals surface area contributed by atoms with Gasteiger partial charge in [0.1, 0.15) is 5.82 Å². The Labute approximate surface area is 112 Å². The van der Waals surface area contributed by atoms with Crippen LogP contribution in [-0.2, 0) is 12.6 Å². The molecule has 1 atom stereocenters. The second-order valence-electron chi connectivity index (χ2n) is 4.52. The molecule has 0 saturated heterocycles. The van der Waals surface area contributed by atoms with Crippen LogP contribution in [-0.4, -0.2) is 4.98 Å². The number of aryl methyl sites for hydroxylation is 1. The number of nitrogens with one attached hydrogen (secondary N) is 1. The summed E-state index contributed by atoms with van der Waals surface area (Å²) in [5.41, 5.74) is 2.88. The molecule has 1 aliphatic rings. The highest BCUT2D eigenvalue weighted by molar-refractivity contribution is 7.07. The molecule has 6 heteroatoms. The van der Waals surface area contributed by atoms with E-state index >= 15 is 0 Å². The first kappa shape index (κ1) is 12.5. The number of rotatable bonds is 2. The lowest BCUT2D eigenvalue weighted by molar-refractivity contribution is -0.137. The van der Waals surface area contributed by atoms with E-state index in [-0.39, 0.29) is 6.04 Å². The Morgan fingerprint density at radius 1 is 1.32 bits per heavy atom. The highest BCUT2D eigenvalue weighted by atomic mass is 32.1. The van der Waals surface area contributed by atoms with E-state index in [1.54, 1.807) is 11.6 Å². The van der Waals surface area contributed by atoms with E-state index in [9.17, 15) is 13.2 Å². The largest absolute Gasteiger partial charge is 0.416 e. The molecule has 1 N–H and O–H groups in total. The third kappa shape index (κ3) is 2.45. The SMILES string of the molecule is FC(F)(F)c1ccc2c(c1)CC[C@H]2Nc1cscn1. The summed E-state index contributed by atoms with van der Waals surface area (Å²) in [5.74, 6) is 0.780. The second kappa shape index (κ2) is 4.52. The van der Waals surface area contributed by atoms with Crippen LogP contribution in [0.3, 0.4) is 0 Å². The van der Waals surface area contributed by atoms with Crippen molar-refractivity contribution in [2.24, 2.45) is 0 Å². The summed E-state index contributed by atoms with van der Waals surface area (Å²) in [6.45, 7) is 0. The monoisotopic (exact) mass is 284 g/mol. The number of thiazole rings is 1. The van der Waals surface area contributed by atoms with Crippen molar-refractivity contribution in [2.45, 2.75) is 25.1 Å². The lowest BCUT2D eigenvalue weighted by Gasteiger charge is -2.14. The van der Waals surface area contributed by atoms with Gasteiger partial charge in [0.05, 0.1) is 17.1 Å². The third-order valence-corrected chi connectivity index (χ3v) is 3.89. The van der Waals surface area contributed by atoms with Gasteiger partial charge in [0.25, 0.3) is 0 Å². The molecule has 100 valence electrons. The quantitative estimate of drug-likeness (QED) is 0.891. The molecule has 3 rings (SSSR count). The molecular formula is C13H11F3N2S. The molecule has 2 aromatic rings. The van der Waals surface area contributed by atoms with Gasteiger partial charge < -0.3 is 5.32 Å². The van der Waals surface area contributed by atoms with Gasteiger partial charge in [-0.25, -0.2) is 4.98 Å². The van der Waals surface area contributed by atoms with E-state index in [1.807, 2.05) is 5.38 Å². The van der Waals surface area contributed by atoms with Crippen molar-refractivity contribution in [1.29, 1.82) is 0 Å². The summed E-state index contributed by atoms with van der Waals surface area (Å²) in [6.07, 6.45) is -2.80. The van der Waals surface area contributed by atoms with Crippen molar-refractivity contribution < 1.29 is 13.2 Å². The van der Waals surface area contributed by atoms with Gasteiger partial charge in [0, 0.05) is 5.38 Å². The minimum atomic E-state index is -4.27. The number of alkyl halides is 3. The average Bonchev–Trinajstić information content (AvgIpc) is 2.98. The van der Waals surface area contributed by atoms with Crippen LogP contribution in [0.5, 0.6) is 0 Å². The molecule has 0 radical (unpaired) electrons. The number of halogens is 3. The van der Waals surface area contributed by atoms with Gasteiger partial charge in [0.2, 0.25) is 0 Å². The van der Waals surface area contributed by atoms with E-state index in [0.29, 0.717) is 6.42 Å². The van der Waals surface area contributed by atoms with Crippen LogP contribution in [0, 0.1) is 0 Å². The molecule has 0 aliphatic heterocycles. The van der Waals surface area contributed by atoms with Crippen molar-refractivity contribution in [3.63, 3.8) is 0 Å². The average molecular weight is 284 g/mol. The topological polar surface area (TPSA) is 24.9 Å². The Bertz CT molecular complexity index is 578. The van der Waals surface area contributed by atoms with Gasteiger partial charge in [-0.15, -0.1) is 11.3 Å². The van der Waals surface area contributed by atoms with E-state index in [2.05, 4.69) is 10.3 Å². The van der Waals surface area contributed by atoms with Crippen LogP contribution < -0.4 is 5.32 Å². The first-order chi connectivity index (χ1) is 9.04. The molecule has 0 amide bonds. The number of hydrogen-bond acceptors (Lipinski definition) is 3. The van der Waals surface area contributed by atoms with Crippen molar-refractivity contribution in [3.05, 3.63) is 45.8 Å². The zero-order valence-electron chi connectivity index (χ0n) is 9.87. The standard InChI is InChI=1S/C13H11F3N2S/c14-13(15,16)9-2-3-10-8(5-9)1-4-11(10)18-12-6-19-7-17-12/h2-3,5-7,11,18H,1,4H2/t11-/m1/s1. The van der Waals surface area contributed by atoms with Crippen LogP contribution in [0.15, 0.2) is 29.1 Å². The molecule has 2 nitrogen and oxygen atoms in total. The van der Waals surface area contributed by atoms with Gasteiger partial charge in [0.15, 0.2) is 0 Å². The molecule has 0 unspecified atom stereocenters. The van der Waals surface area contributed by atoms with E-state index in [1.165, 1.54) is 17.4 Å². The number of benzene rings is 1. The minimum Gasteiger partial charge on any atom is -0.363 e. The maximum atomic E-state index is 12.6. The number of anilines is 1. The Kier molecular flexibility index (Phi) is 2.97. The number of nitrogens with zero attached hydrogens (tertiary/aromatic N) is 1. The molecule has 19 heavy (non-hydrogen) atoms. The third-order valence-electron chi connectivity index (χ3n) is 3.30. The van der Waals surface area contributed by atoms with E-state index < -0.39 is 11.7 Å². The normalized spacial score (nSPS) is 18.4. The first-order valence-electron chi connectivity index (χ1n) is 5.89. The van der Waals surface area contributed by atoms with Crippen molar-refractivity contribution in [1.82, 2.24) is 4.98 Å². The van der Waals surface area contributed by atoms with Gasteiger partial charge in [-0.1, -0.05) is 6.07 Å². The van der Waals surface area contributed by atoms with Crippen LogP contribution in [0.2, 0.25) is 0 Å². The van der Waals surface area contributed by atoms with Crippen LogP contribution in [0.25, 0.3) is 0 Å². The fourth-order valence-electron chi connectivity index (χ4n) is 2.41. The maximum Gasteiger partial charge on any atom is 0.416 e. The maximum absolute atomic E-state index is 12.6. The summed E-state index contributed by atoms with van der Waals surface area (Å²) in [4.78, 5) is 4.14. The van der Waals surface area contributed by atoms with Gasteiger partial charge in [-0.2, -0.15) is 13.2 Å². The number of fused-ring (bicyclic) bond motifs is 1. The van der Waals surface area contributed by atoms with Crippen molar-refractivity contribution >= 4 is 17.2 Å². The zero-order valence-corrected chi connectivity index (χ0v) is 10.7. The molecule has 0 spiro atoms. The molecule has 1 aromatic carbocycles. The van der Waals surface area contributed by atoms with Crippen molar-refractivity contribution in [2.75, 3.05) is 5.32 Å². The minimum absolute atomic E-state index is 0.0550. The number of hydrogen-bond donors (Lipinski definition) is 1. The number of aromatic nitrogens is 1. The highest BCUT2D eigenvalue weighted by Crippen LogP contribution is 2.37. The molecule has 1 aromatic heterocycles. The second-order valence-corrected chi connectivity index (χ2v) is 5.24. The Morgan fingerprint density at radius 2 is 2.16 bits per heavy atom. The molecule has 1 heterocycles. The Balaban J connectivity index is 1.85. The predicted molar refractivity (Wildman–Crippen MR) is 68.2 cm³/mol. The summed E-state index contributed by atoms with van der Waals surface area (Å²) >= 11 is 1.49. The lowest BCUT2D eigenvalue weighted by atomic mass is 10.0. The summed E-state index contributed by atoms with van der Waals surface area (Å²) < 4.78 is 37.9. The lowest BCUT2D eigenvalue weighted by Crippen LogP contribution is -2.09. The van der Waals surface area contributed by atoms with Crippen molar-refractivity contribution in [3.8, 4) is 0 Å². The van der Waals surface area contributed by atoms with Gasteiger partial charge >= 0.3 is 6.18 Å². The van der Waals surface area contributed by atoms with Gasteiger partial charge in [-0.05, 0) is 36.1 Å². The molecule has 0 saturated carbocycles. The van der Waals surface area contributed by atoms with Crippen LogP contribution in [0.4, 0.5) is 19.0 Å². The zero-order chi connectivity index (χ0) is 13.5. The van der Waals surface area contributed by atoms with Crippen LogP contribution >= 0.6 is 11.3 Å². The Hall–Kier alpha value is -1.56. The fraction of sp³-hybridized carbons (Fsp3) is 0.308. The summed E-state index contributed by atoms with van der Waals surface area (Å²) in [6, 6.07) is 4.05. The summed E-state index contributed by atoms with van der Waals surface area (Å²) in [5, 5.41) is 5.14. The molecular weight excluding hydrogens is 273 g/mol. The Morgan fingerprint density at radius 3 is 2.84 bits per heavy atom. The highest BCUT2D eigenvalue weighted by Gasteiger charge is 2.32. The molecule has 0 bridgehead atoms. The molecule has 0 fully saturated rings. The van der Waals surface area contributed by atoms with E-state index in [4.69, 9.17) is 0 Å². The first-order valence-corrected chi connectivity index (χ1v) is 6.83.